The highest BCUT2D eigenvalue weighted by molar-refractivity contribution is 7.22. The lowest BCUT2D eigenvalue weighted by atomic mass is 10.4. The van der Waals surface area contributed by atoms with Gasteiger partial charge in [-0.2, -0.15) is 4.73 Å². The van der Waals surface area contributed by atoms with E-state index >= 15 is 0 Å². The van der Waals surface area contributed by atoms with Gasteiger partial charge < -0.3 is 5.21 Å². The van der Waals surface area contributed by atoms with Gasteiger partial charge in [0.2, 0.25) is 5.52 Å². The van der Waals surface area contributed by atoms with Crippen LogP contribution < -0.4 is 4.73 Å². The summed E-state index contributed by atoms with van der Waals surface area (Å²) in [4.78, 5) is 0. The molecule has 0 aromatic carbocycles. The molecule has 0 atom stereocenters. The minimum absolute atomic E-state index is 0.641. The maximum Gasteiger partial charge on any atom is 0.236 e. The van der Waals surface area contributed by atoms with Crippen molar-refractivity contribution in [3.05, 3.63) is 33.9 Å². The third-order valence-corrected chi connectivity index (χ3v) is 2.64. The molecule has 2 aromatic rings. The fraction of sp³-hybridized carbons (Fsp3) is 0. The van der Waals surface area contributed by atoms with Crippen LogP contribution >= 0.6 is 22.9 Å². The van der Waals surface area contributed by atoms with Crippen molar-refractivity contribution in [1.29, 1.82) is 0 Å². The highest BCUT2D eigenvalue weighted by atomic mass is 35.5. The summed E-state index contributed by atoms with van der Waals surface area (Å²) in [6.45, 7) is 0. The Labute approximate surface area is 72.2 Å². The van der Waals surface area contributed by atoms with E-state index in [0.29, 0.717) is 9.85 Å². The summed E-state index contributed by atoms with van der Waals surface area (Å²) in [5.41, 5.74) is 0.641. The van der Waals surface area contributed by atoms with Gasteiger partial charge in [-0.05, 0) is 6.07 Å². The van der Waals surface area contributed by atoms with Crippen molar-refractivity contribution in [3.8, 4) is 0 Å². The van der Waals surface area contributed by atoms with Crippen molar-refractivity contribution < 1.29 is 4.73 Å². The van der Waals surface area contributed by atoms with Gasteiger partial charge in [0, 0.05) is 12.1 Å². The molecule has 2 heterocycles. The first-order chi connectivity index (χ1) is 5.27. The van der Waals surface area contributed by atoms with E-state index in [2.05, 4.69) is 0 Å². The SMILES string of the molecule is [O-][n+]1cccc2sc(Cl)cc21. The smallest absolute Gasteiger partial charge is 0.236 e. The van der Waals surface area contributed by atoms with Crippen LogP contribution in [0.2, 0.25) is 4.34 Å². The van der Waals surface area contributed by atoms with Crippen LogP contribution in [0.15, 0.2) is 24.4 Å². The maximum atomic E-state index is 11.1. The lowest BCUT2D eigenvalue weighted by Gasteiger charge is -1.93. The van der Waals surface area contributed by atoms with Gasteiger partial charge in [0.25, 0.3) is 0 Å². The molecule has 11 heavy (non-hydrogen) atoms. The minimum atomic E-state index is 0.641. The minimum Gasteiger partial charge on any atom is -0.618 e. The van der Waals surface area contributed by atoms with Gasteiger partial charge in [-0.1, -0.05) is 11.6 Å². The van der Waals surface area contributed by atoms with Crippen LogP contribution in [0, 0.1) is 5.21 Å². The van der Waals surface area contributed by atoms with Crippen LogP contribution in [0.4, 0.5) is 0 Å². The average molecular weight is 186 g/mol. The van der Waals surface area contributed by atoms with E-state index in [1.54, 1.807) is 12.1 Å². The van der Waals surface area contributed by atoms with Crippen LogP contribution in [0.3, 0.4) is 0 Å². The summed E-state index contributed by atoms with van der Waals surface area (Å²) in [6, 6.07) is 5.26. The number of rotatable bonds is 0. The Morgan fingerprint density at radius 3 is 3.09 bits per heavy atom. The Bertz CT molecular complexity index is 398. The summed E-state index contributed by atoms with van der Waals surface area (Å²) in [7, 11) is 0. The summed E-state index contributed by atoms with van der Waals surface area (Å²) in [6.07, 6.45) is 1.46. The molecule has 0 saturated heterocycles. The molecule has 0 unspecified atom stereocenters. The molecule has 56 valence electrons. The van der Waals surface area contributed by atoms with Crippen molar-refractivity contribution >= 4 is 33.2 Å². The predicted molar refractivity (Wildman–Crippen MR) is 45.8 cm³/mol. The number of aromatic nitrogens is 1. The summed E-state index contributed by atoms with van der Waals surface area (Å²) < 4.78 is 2.39. The molecule has 0 spiro atoms. The first-order valence-corrected chi connectivity index (χ1v) is 4.24. The topological polar surface area (TPSA) is 26.9 Å². The van der Waals surface area contributed by atoms with E-state index in [1.165, 1.54) is 17.5 Å². The zero-order valence-electron chi connectivity index (χ0n) is 5.45. The zero-order chi connectivity index (χ0) is 7.84. The van der Waals surface area contributed by atoms with E-state index in [-0.39, 0.29) is 0 Å². The molecule has 2 aromatic heterocycles. The molecule has 0 saturated carbocycles. The molecule has 0 aliphatic rings. The van der Waals surface area contributed by atoms with Crippen LogP contribution in [0.1, 0.15) is 0 Å². The fourth-order valence-corrected chi connectivity index (χ4v) is 2.08. The van der Waals surface area contributed by atoms with E-state index in [4.69, 9.17) is 11.6 Å². The Hall–Kier alpha value is -0.800. The molecule has 0 aliphatic carbocycles. The summed E-state index contributed by atoms with van der Waals surface area (Å²) in [5.74, 6) is 0. The molecule has 0 fully saturated rings. The average Bonchev–Trinajstić information content (AvgIpc) is 2.31. The van der Waals surface area contributed by atoms with Crippen molar-refractivity contribution in [1.82, 2.24) is 0 Å². The van der Waals surface area contributed by atoms with Crippen molar-refractivity contribution in [3.63, 3.8) is 0 Å². The molecule has 0 N–H and O–H groups in total. The van der Waals surface area contributed by atoms with Gasteiger partial charge >= 0.3 is 0 Å². The third-order valence-electron chi connectivity index (χ3n) is 1.42. The fourth-order valence-electron chi connectivity index (χ4n) is 0.946. The number of thiophene rings is 1. The van der Waals surface area contributed by atoms with E-state index in [1.807, 2.05) is 6.07 Å². The molecule has 0 amide bonds. The van der Waals surface area contributed by atoms with Crippen LogP contribution in [0.25, 0.3) is 10.2 Å². The highest BCUT2D eigenvalue weighted by Crippen LogP contribution is 2.26. The molecular formula is C7H4ClNOS. The van der Waals surface area contributed by atoms with Crippen molar-refractivity contribution in [2.24, 2.45) is 0 Å². The van der Waals surface area contributed by atoms with Crippen LogP contribution in [-0.2, 0) is 0 Å². The lowest BCUT2D eigenvalue weighted by molar-refractivity contribution is -0.576. The van der Waals surface area contributed by atoms with Gasteiger partial charge in [0.15, 0.2) is 6.20 Å². The van der Waals surface area contributed by atoms with Gasteiger partial charge in [0.05, 0.1) is 0 Å². The van der Waals surface area contributed by atoms with Crippen LogP contribution in [0.5, 0.6) is 0 Å². The zero-order valence-corrected chi connectivity index (χ0v) is 7.02. The summed E-state index contributed by atoms with van der Waals surface area (Å²) in [5, 5.41) is 11.1. The number of hydrogen-bond acceptors (Lipinski definition) is 2. The van der Waals surface area contributed by atoms with Gasteiger partial charge in [0.1, 0.15) is 9.04 Å². The second-order valence-corrected chi connectivity index (χ2v) is 3.85. The Morgan fingerprint density at radius 1 is 1.55 bits per heavy atom. The number of hydrogen-bond donors (Lipinski definition) is 0. The Morgan fingerprint density at radius 2 is 2.36 bits per heavy atom. The first kappa shape index (κ1) is 6.88. The van der Waals surface area contributed by atoms with E-state index < -0.39 is 0 Å². The molecule has 2 nitrogen and oxygen atoms in total. The summed E-state index contributed by atoms with van der Waals surface area (Å²) >= 11 is 7.13. The monoisotopic (exact) mass is 185 g/mol. The molecular weight excluding hydrogens is 182 g/mol. The van der Waals surface area contributed by atoms with Gasteiger partial charge in [-0.15, -0.1) is 11.3 Å². The van der Waals surface area contributed by atoms with Gasteiger partial charge in [-0.25, -0.2) is 0 Å². The maximum absolute atomic E-state index is 11.1. The van der Waals surface area contributed by atoms with Gasteiger partial charge in [-0.3, -0.25) is 0 Å². The third kappa shape index (κ3) is 1.06. The van der Waals surface area contributed by atoms with Crippen molar-refractivity contribution in [2.45, 2.75) is 0 Å². The largest absolute Gasteiger partial charge is 0.618 e. The first-order valence-electron chi connectivity index (χ1n) is 3.04. The normalized spacial score (nSPS) is 10.6. The quantitative estimate of drug-likeness (QED) is 0.457. The highest BCUT2D eigenvalue weighted by Gasteiger charge is 2.05. The lowest BCUT2D eigenvalue weighted by Crippen LogP contribution is -2.24. The van der Waals surface area contributed by atoms with E-state index in [0.717, 1.165) is 9.43 Å². The van der Waals surface area contributed by atoms with Crippen molar-refractivity contribution in [2.75, 3.05) is 0 Å². The molecule has 0 bridgehead atoms. The second kappa shape index (κ2) is 2.36. The molecule has 4 heteroatoms. The molecule has 0 radical (unpaired) electrons. The molecule has 2 rings (SSSR count). The number of halogens is 1. The Balaban J connectivity index is 2.90. The van der Waals surface area contributed by atoms with E-state index in [9.17, 15) is 5.21 Å². The second-order valence-electron chi connectivity index (χ2n) is 2.13. The predicted octanol–water partition coefficient (Wildman–Crippen LogP) is 2.19. The number of pyridine rings is 1. The standard InChI is InChI=1S/C7H4ClNOS/c8-7-4-5-6(11-7)2-1-3-9(5)10/h1-4H. The molecule has 0 aliphatic heterocycles. The Kier molecular flexibility index (Phi) is 1.47. The number of nitrogens with zero attached hydrogens (tertiary/aromatic N) is 1. The number of fused-ring (bicyclic) bond motifs is 1. The van der Waals surface area contributed by atoms with Crippen LogP contribution in [-0.4, -0.2) is 0 Å².